The molecule has 3 fully saturated rings. The maximum Gasteiger partial charge on any atom is 0.501 e. The van der Waals surface area contributed by atoms with E-state index in [4.69, 9.17) is 11.6 Å². The van der Waals surface area contributed by atoms with Gasteiger partial charge in [0.2, 0.25) is 11.8 Å². The molecule has 5 N–H and O–H groups in total. The van der Waals surface area contributed by atoms with Crippen molar-refractivity contribution in [3.63, 3.8) is 0 Å². The molecule has 10 rings (SSSR count). The predicted octanol–water partition coefficient (Wildman–Crippen LogP) is 13.6. The van der Waals surface area contributed by atoms with Crippen molar-refractivity contribution in [2.24, 2.45) is 10.8 Å². The highest BCUT2D eigenvalue weighted by atomic mass is 35.5. The summed E-state index contributed by atoms with van der Waals surface area (Å²) in [6.07, 6.45) is 10.3. The number of hydrogen-bond donors (Lipinski definition) is 5. The van der Waals surface area contributed by atoms with Crippen molar-refractivity contribution in [3.8, 4) is 10.4 Å². The van der Waals surface area contributed by atoms with Crippen molar-refractivity contribution in [2.45, 2.75) is 170 Å². The molecule has 1 aromatic heterocycles. The summed E-state index contributed by atoms with van der Waals surface area (Å²) in [7, 11) is -11.0. The number of aromatic nitrogens is 1. The fourth-order valence-corrected chi connectivity index (χ4v) is 18.3. The number of aliphatic hydroxyl groups excluding tert-OH is 1. The van der Waals surface area contributed by atoms with Crippen molar-refractivity contribution in [1.29, 1.82) is 0 Å². The first kappa shape index (κ1) is 80.2. The van der Waals surface area contributed by atoms with Gasteiger partial charge in [-0.15, -0.1) is 23.1 Å². The fraction of sp³-hybridized carbons (Fsp3) is 0.513. The molecule has 0 unspecified atom stereocenters. The molecule has 3 amide bonds. The zero-order valence-corrected chi connectivity index (χ0v) is 64.7. The first-order valence-corrected chi connectivity index (χ1v) is 41.7. The monoisotopic (exact) mass is 1530 g/mol. The number of alkyl halides is 3. The number of amides is 3. The quantitative estimate of drug-likeness (QED) is 0.0196. The van der Waals surface area contributed by atoms with Crippen LogP contribution >= 0.6 is 34.7 Å². The van der Waals surface area contributed by atoms with Crippen molar-refractivity contribution < 1.29 is 49.5 Å². The lowest BCUT2D eigenvalue weighted by molar-refractivity contribution is -0.142. The van der Waals surface area contributed by atoms with Gasteiger partial charge in [-0.2, -0.15) is 13.2 Å². The van der Waals surface area contributed by atoms with E-state index >= 15 is 0 Å². The van der Waals surface area contributed by atoms with Gasteiger partial charge in [0.25, 0.3) is 25.8 Å². The Morgan fingerprint density at radius 1 is 0.769 bits per heavy atom. The Morgan fingerprint density at radius 2 is 1.40 bits per heavy atom. The number of aliphatic hydroxyl groups is 1. The number of hydrogen-bond acceptors (Lipinski definition) is 17. The van der Waals surface area contributed by atoms with Crippen LogP contribution in [0.4, 0.5) is 24.5 Å². The number of unbranched alkanes of at least 4 members (excludes halogenated alkanes) is 6. The number of allylic oxidation sites excluding steroid dienone is 1. The number of carbonyl (C=O) groups excluding carboxylic acids is 3. The second-order valence-corrected chi connectivity index (χ2v) is 36.0. The van der Waals surface area contributed by atoms with E-state index in [0.717, 1.165) is 174 Å². The van der Waals surface area contributed by atoms with Gasteiger partial charge in [-0.1, -0.05) is 138 Å². The second kappa shape index (κ2) is 36.0. The minimum absolute atomic E-state index is 0.0121. The SMILES string of the molecule is Cc1ncsc1-c1ccc(CNC(=O)[C@@H]2C[C@@H](O)CN2C(=O)[C@@H](NCCCCCCCCCN2CCN(CC[C@H](CSc3ccccc3)Nc3ccc(S(=O)(=O)NC(=O)c4ccc(N5CCN(CC6=C(c7ccc(Cl)cc7)CCC(C)(C)C6)CC5)cc4)cc3S(=O)(=O)C(F)(F)F)CC2)C(C)(C)C)cc1. The molecule has 0 bridgehead atoms. The zero-order valence-electron chi connectivity index (χ0n) is 60.7. The number of carbonyl (C=O) groups is 3. The van der Waals surface area contributed by atoms with Crippen LogP contribution in [0.25, 0.3) is 16.0 Å². The van der Waals surface area contributed by atoms with Crippen molar-refractivity contribution in [3.05, 3.63) is 160 Å². The van der Waals surface area contributed by atoms with Crippen LogP contribution in [0.5, 0.6) is 0 Å². The van der Waals surface area contributed by atoms with Crippen molar-refractivity contribution in [1.82, 2.24) is 39.9 Å². The topological polar surface area (TPSA) is 217 Å². The van der Waals surface area contributed by atoms with Crippen LogP contribution in [0.2, 0.25) is 5.02 Å². The normalized spacial score (nSPS) is 18.7. The molecule has 564 valence electrons. The van der Waals surface area contributed by atoms with Gasteiger partial charge in [0.1, 0.15) is 10.9 Å². The first-order chi connectivity index (χ1) is 49.5. The molecule has 26 heteroatoms. The molecule has 104 heavy (non-hydrogen) atoms. The van der Waals surface area contributed by atoms with E-state index in [2.05, 4.69) is 66.5 Å². The maximum atomic E-state index is 14.6. The maximum absolute atomic E-state index is 14.6. The standard InChI is InChI=1S/C78H102ClF3N10O8S4/c1-55-71(102-54-85-55)58-21-19-56(20-22-58)50-84-74(95)69-47-64(93)52-92(69)75(96)72(76(2,3)4)83-36-15-10-8-7-9-11-16-37-88-39-41-89(42-40-88)38-34-62(53-101-65-17-13-12-14-18-65)86-68-32-31-66(48-70(68)103(97,98)78(80,81)82)104(99,100)87-73(94)59-25-29-63(30-26-59)91-45-43-90(44-46-91)51-60-49-77(5,6)35-33-67(60)57-23-27-61(79)28-24-57/h12-14,17-32,48,54,62,64,69,72,83,86,93H,7-11,15-16,33-47,49-53H2,1-6H3,(H,84,95)(H,87,94)/t62-,64-,69+,72-/m1/s1. The summed E-state index contributed by atoms with van der Waals surface area (Å²) in [5.41, 5.74) is 3.24. The van der Waals surface area contributed by atoms with E-state index in [9.17, 15) is 49.5 Å². The number of rotatable bonds is 32. The third-order valence-corrected chi connectivity index (χ3v) is 25.7. The molecule has 4 heterocycles. The molecule has 6 aromatic rings. The molecule has 1 aliphatic carbocycles. The number of thiazole rings is 1. The van der Waals surface area contributed by atoms with Gasteiger partial charge in [0, 0.05) is 118 Å². The zero-order chi connectivity index (χ0) is 74.4. The fourth-order valence-electron chi connectivity index (χ4n) is 14.4. The van der Waals surface area contributed by atoms with Gasteiger partial charge in [-0.05, 0) is 158 Å². The van der Waals surface area contributed by atoms with Crippen molar-refractivity contribution in [2.75, 3.05) is 101 Å². The number of likely N-dealkylation sites (tertiary alicyclic amines) is 1. The van der Waals surface area contributed by atoms with Gasteiger partial charge >= 0.3 is 5.51 Å². The molecule has 4 atom stereocenters. The minimum Gasteiger partial charge on any atom is -0.391 e. The van der Waals surface area contributed by atoms with Crippen LogP contribution < -0.4 is 25.6 Å². The number of nitrogens with zero attached hydrogens (tertiary/aromatic N) is 6. The Morgan fingerprint density at radius 3 is 2.05 bits per heavy atom. The molecule has 3 aliphatic heterocycles. The Balaban J connectivity index is 0.655. The number of sulfonamides is 1. The molecule has 0 spiro atoms. The first-order valence-electron chi connectivity index (χ1n) is 36.5. The Bertz CT molecular complexity index is 4110. The molecule has 0 radical (unpaired) electrons. The van der Waals surface area contributed by atoms with Gasteiger partial charge in [0.15, 0.2) is 0 Å². The molecule has 18 nitrogen and oxygen atoms in total. The van der Waals surface area contributed by atoms with E-state index in [-0.39, 0.29) is 35.8 Å². The summed E-state index contributed by atoms with van der Waals surface area (Å²) in [5, 5.41) is 21.0. The number of β-amino-alcohol motifs (C(OH)–C–C–N with tert-alkyl or cyclic N) is 1. The third kappa shape index (κ3) is 21.9. The molecule has 5 aromatic carbocycles. The number of thioether (sulfide) groups is 1. The summed E-state index contributed by atoms with van der Waals surface area (Å²) >= 11 is 9.28. The summed E-state index contributed by atoms with van der Waals surface area (Å²) < 4.78 is 100. The number of benzene rings is 5. The van der Waals surface area contributed by atoms with Gasteiger partial charge in [-0.25, -0.2) is 26.5 Å². The Hall–Kier alpha value is -6.39. The number of anilines is 2. The smallest absolute Gasteiger partial charge is 0.391 e. The predicted molar refractivity (Wildman–Crippen MR) is 411 cm³/mol. The van der Waals surface area contributed by atoms with E-state index in [1.165, 1.54) is 40.6 Å². The number of halogens is 4. The molecular formula is C78H102ClF3N10O8S4. The van der Waals surface area contributed by atoms with E-state index in [1.807, 2.05) is 105 Å². The third-order valence-electron chi connectivity index (χ3n) is 20.4. The average Bonchev–Trinajstić information content (AvgIpc) is 1.20. The summed E-state index contributed by atoms with van der Waals surface area (Å²) in [6.45, 7) is 22.4. The Kier molecular flexibility index (Phi) is 27.8. The highest BCUT2D eigenvalue weighted by Crippen LogP contribution is 2.44. The van der Waals surface area contributed by atoms with Crippen LogP contribution in [0.1, 0.15) is 139 Å². The summed E-state index contributed by atoms with van der Waals surface area (Å²) in [4.78, 5) is 56.6. The number of nitrogens with one attached hydrogen (secondary N) is 4. The average molecular weight is 1530 g/mol. The molecule has 0 saturated carbocycles. The van der Waals surface area contributed by atoms with Gasteiger partial charge < -0.3 is 40.7 Å². The lowest BCUT2D eigenvalue weighted by atomic mass is 9.73. The van der Waals surface area contributed by atoms with Crippen LogP contribution in [-0.2, 0) is 36.0 Å². The van der Waals surface area contributed by atoms with Crippen LogP contribution in [0.3, 0.4) is 0 Å². The summed E-state index contributed by atoms with van der Waals surface area (Å²) in [6, 6.07) is 32.6. The minimum atomic E-state index is -6.12. The van der Waals surface area contributed by atoms with E-state index in [1.54, 1.807) is 28.4 Å². The molecular weight excluding hydrogens is 1430 g/mol. The van der Waals surface area contributed by atoms with E-state index < -0.39 is 76.4 Å². The van der Waals surface area contributed by atoms with Crippen LogP contribution in [0, 0.1) is 17.8 Å². The lowest BCUT2D eigenvalue weighted by Crippen LogP contribution is -2.56. The van der Waals surface area contributed by atoms with Crippen molar-refractivity contribution >= 4 is 89.2 Å². The number of piperazine rings is 2. The lowest BCUT2D eigenvalue weighted by Gasteiger charge is -2.39. The van der Waals surface area contributed by atoms with Crippen LogP contribution in [0.15, 0.2) is 147 Å². The van der Waals surface area contributed by atoms with E-state index in [0.29, 0.717) is 42.9 Å². The molecule has 4 aliphatic rings. The largest absolute Gasteiger partial charge is 0.501 e. The highest BCUT2D eigenvalue weighted by Gasteiger charge is 2.49. The Labute approximate surface area is 626 Å². The number of aryl methyl sites for hydroxylation is 1. The highest BCUT2D eigenvalue weighted by molar-refractivity contribution is 7.99. The molecule has 3 saturated heterocycles. The van der Waals surface area contributed by atoms with Crippen LogP contribution in [-0.4, -0.2) is 185 Å². The summed E-state index contributed by atoms with van der Waals surface area (Å²) in [5.74, 6) is -1.14. The van der Waals surface area contributed by atoms with Gasteiger partial charge in [0.05, 0.1) is 38.8 Å². The second-order valence-electron chi connectivity index (χ2n) is 30.0. The number of sulfone groups is 1. The van der Waals surface area contributed by atoms with Gasteiger partial charge in [-0.3, -0.25) is 19.3 Å².